The van der Waals surface area contributed by atoms with Crippen LogP contribution >= 0.6 is 21.6 Å². The summed E-state index contributed by atoms with van der Waals surface area (Å²) < 4.78 is 0. The summed E-state index contributed by atoms with van der Waals surface area (Å²) in [6, 6.07) is 8.58. The molecule has 0 aliphatic rings. The van der Waals surface area contributed by atoms with E-state index in [0.717, 1.165) is 0 Å². The van der Waals surface area contributed by atoms with Crippen LogP contribution in [0, 0.1) is 0 Å². The van der Waals surface area contributed by atoms with Gasteiger partial charge in [0.1, 0.15) is 0 Å². The van der Waals surface area contributed by atoms with Crippen molar-refractivity contribution in [2.24, 2.45) is 0 Å². The minimum absolute atomic E-state index is 0. The highest BCUT2D eigenvalue weighted by Crippen LogP contribution is 2.20. The first-order valence-electron chi connectivity index (χ1n) is 3.86. The van der Waals surface area contributed by atoms with Crippen LogP contribution < -0.4 is 5.30 Å². The Balaban J connectivity index is 0.00000121. The van der Waals surface area contributed by atoms with Gasteiger partial charge in [-0.2, -0.15) is 0 Å². The Morgan fingerprint density at radius 1 is 1.17 bits per heavy atom. The molecule has 1 aromatic rings. The number of benzene rings is 1. The lowest BCUT2D eigenvalue weighted by Crippen LogP contribution is -2.12. The van der Waals surface area contributed by atoms with Crippen molar-refractivity contribution in [3.05, 3.63) is 29.8 Å². The smallest absolute Gasteiger partial charge is 0.0132 e. The standard InChI is InChI=1S/C10H15P.ClH/c1-10(2,3)8-5-4-6-9(11)7-8;/h4-7H,11H2,1-3H3;1H. The molecular weight excluding hydrogens is 187 g/mol. The second kappa shape index (κ2) is 4.25. The summed E-state index contributed by atoms with van der Waals surface area (Å²) in [7, 11) is 2.72. The van der Waals surface area contributed by atoms with E-state index in [1.54, 1.807) is 0 Å². The number of hydrogen-bond acceptors (Lipinski definition) is 0. The highest BCUT2D eigenvalue weighted by Gasteiger charge is 2.12. The van der Waals surface area contributed by atoms with Gasteiger partial charge in [0, 0.05) is 0 Å². The van der Waals surface area contributed by atoms with Gasteiger partial charge >= 0.3 is 0 Å². The Kier molecular flexibility index (Phi) is 4.23. The molecule has 0 aromatic heterocycles. The molecule has 0 aliphatic carbocycles. The molecule has 1 unspecified atom stereocenters. The molecule has 1 aromatic carbocycles. The molecule has 0 bridgehead atoms. The van der Waals surface area contributed by atoms with E-state index in [9.17, 15) is 0 Å². The third kappa shape index (κ3) is 3.13. The topological polar surface area (TPSA) is 0 Å². The first-order valence-corrected chi connectivity index (χ1v) is 4.44. The predicted molar refractivity (Wildman–Crippen MR) is 61.7 cm³/mol. The summed E-state index contributed by atoms with van der Waals surface area (Å²) >= 11 is 0. The zero-order valence-corrected chi connectivity index (χ0v) is 9.77. The number of rotatable bonds is 0. The molecule has 2 heteroatoms. The summed E-state index contributed by atoms with van der Waals surface area (Å²) in [5, 5.41) is 1.26. The van der Waals surface area contributed by atoms with Crippen LogP contribution in [0.1, 0.15) is 26.3 Å². The van der Waals surface area contributed by atoms with Crippen LogP contribution in [0.2, 0.25) is 0 Å². The van der Waals surface area contributed by atoms with E-state index in [4.69, 9.17) is 0 Å². The van der Waals surface area contributed by atoms with Gasteiger partial charge in [-0.25, -0.2) is 0 Å². The SMILES string of the molecule is CC(C)(C)c1cccc(P)c1.Cl. The van der Waals surface area contributed by atoms with Crippen LogP contribution in [0.25, 0.3) is 0 Å². The van der Waals surface area contributed by atoms with Crippen molar-refractivity contribution >= 4 is 27.0 Å². The van der Waals surface area contributed by atoms with Crippen molar-refractivity contribution in [3.63, 3.8) is 0 Å². The van der Waals surface area contributed by atoms with E-state index in [-0.39, 0.29) is 17.8 Å². The van der Waals surface area contributed by atoms with E-state index in [0.29, 0.717) is 0 Å². The van der Waals surface area contributed by atoms with Crippen molar-refractivity contribution in [3.8, 4) is 0 Å². The first-order chi connectivity index (χ1) is 5.00. The zero-order chi connectivity index (χ0) is 8.48. The third-order valence-corrected chi connectivity index (χ3v) is 2.11. The predicted octanol–water partition coefficient (Wildman–Crippen LogP) is 2.91. The molecular formula is C10H16ClP. The second-order valence-corrected chi connectivity index (χ2v) is 4.54. The van der Waals surface area contributed by atoms with Crippen molar-refractivity contribution in [2.75, 3.05) is 0 Å². The summed E-state index contributed by atoms with van der Waals surface area (Å²) in [6.45, 7) is 6.69. The van der Waals surface area contributed by atoms with Crippen molar-refractivity contribution in [1.29, 1.82) is 0 Å². The van der Waals surface area contributed by atoms with E-state index in [2.05, 4.69) is 54.3 Å². The highest BCUT2D eigenvalue weighted by atomic mass is 35.5. The molecule has 0 saturated carbocycles. The second-order valence-electron chi connectivity index (χ2n) is 3.88. The quantitative estimate of drug-likeness (QED) is 0.568. The molecule has 68 valence electrons. The number of hydrogen-bond donors (Lipinski definition) is 0. The number of halogens is 1. The lowest BCUT2D eigenvalue weighted by Gasteiger charge is -2.18. The molecule has 0 radical (unpaired) electrons. The molecule has 0 nitrogen and oxygen atoms in total. The zero-order valence-electron chi connectivity index (χ0n) is 7.79. The summed E-state index contributed by atoms with van der Waals surface area (Å²) in [5.74, 6) is 0. The lowest BCUT2D eigenvalue weighted by atomic mass is 9.87. The minimum Gasteiger partial charge on any atom is -0.147 e. The van der Waals surface area contributed by atoms with Gasteiger partial charge in [0.2, 0.25) is 0 Å². The fourth-order valence-electron chi connectivity index (χ4n) is 1.01. The van der Waals surface area contributed by atoms with Crippen LogP contribution in [0.3, 0.4) is 0 Å². The van der Waals surface area contributed by atoms with Gasteiger partial charge in [-0.1, -0.05) is 45.0 Å². The van der Waals surface area contributed by atoms with E-state index < -0.39 is 0 Å². The van der Waals surface area contributed by atoms with Crippen LogP contribution in [0.4, 0.5) is 0 Å². The maximum absolute atomic E-state index is 2.72. The Morgan fingerprint density at radius 2 is 1.75 bits per heavy atom. The normalized spacial score (nSPS) is 10.7. The molecule has 0 fully saturated rings. The van der Waals surface area contributed by atoms with Gasteiger partial charge in [0.15, 0.2) is 0 Å². The van der Waals surface area contributed by atoms with Crippen LogP contribution in [0.5, 0.6) is 0 Å². The fraction of sp³-hybridized carbons (Fsp3) is 0.400. The summed E-state index contributed by atoms with van der Waals surface area (Å²) in [5.41, 5.74) is 1.66. The van der Waals surface area contributed by atoms with Crippen LogP contribution in [0.15, 0.2) is 24.3 Å². The first kappa shape index (κ1) is 11.9. The molecule has 1 atom stereocenters. The Hall–Kier alpha value is -0.0600. The average molecular weight is 203 g/mol. The maximum atomic E-state index is 2.72. The average Bonchev–Trinajstić information content (AvgIpc) is 1.86. The van der Waals surface area contributed by atoms with E-state index >= 15 is 0 Å². The van der Waals surface area contributed by atoms with Gasteiger partial charge in [-0.15, -0.1) is 21.6 Å². The molecule has 0 amide bonds. The van der Waals surface area contributed by atoms with Crippen molar-refractivity contribution < 1.29 is 0 Å². The van der Waals surface area contributed by atoms with E-state index in [1.807, 2.05) is 0 Å². The van der Waals surface area contributed by atoms with Crippen molar-refractivity contribution in [1.82, 2.24) is 0 Å². The molecule has 0 spiro atoms. The molecule has 0 saturated heterocycles. The molecule has 0 N–H and O–H groups in total. The van der Waals surface area contributed by atoms with Gasteiger partial charge in [0.05, 0.1) is 0 Å². The molecule has 12 heavy (non-hydrogen) atoms. The molecule has 1 rings (SSSR count). The van der Waals surface area contributed by atoms with Gasteiger partial charge in [-0.05, 0) is 16.3 Å². The van der Waals surface area contributed by atoms with Gasteiger partial charge in [0.25, 0.3) is 0 Å². The summed E-state index contributed by atoms with van der Waals surface area (Å²) in [4.78, 5) is 0. The van der Waals surface area contributed by atoms with E-state index in [1.165, 1.54) is 10.9 Å². The Labute approximate surface area is 83.4 Å². The summed E-state index contributed by atoms with van der Waals surface area (Å²) in [6.07, 6.45) is 0. The van der Waals surface area contributed by atoms with Crippen molar-refractivity contribution in [2.45, 2.75) is 26.2 Å². The Bertz CT molecular complexity index is 250. The third-order valence-electron chi connectivity index (χ3n) is 1.75. The molecule has 0 heterocycles. The van der Waals surface area contributed by atoms with Crippen LogP contribution in [-0.4, -0.2) is 0 Å². The van der Waals surface area contributed by atoms with Crippen LogP contribution in [-0.2, 0) is 5.41 Å². The monoisotopic (exact) mass is 202 g/mol. The fourth-order valence-corrected chi connectivity index (χ4v) is 1.30. The van der Waals surface area contributed by atoms with Gasteiger partial charge < -0.3 is 0 Å². The minimum atomic E-state index is 0. The largest absolute Gasteiger partial charge is 0.147 e. The van der Waals surface area contributed by atoms with Gasteiger partial charge in [-0.3, -0.25) is 0 Å². The maximum Gasteiger partial charge on any atom is -0.0132 e. The lowest BCUT2D eigenvalue weighted by molar-refractivity contribution is 0.591. The highest BCUT2D eigenvalue weighted by molar-refractivity contribution is 7.27. The Morgan fingerprint density at radius 3 is 2.08 bits per heavy atom. The molecule has 0 aliphatic heterocycles.